The van der Waals surface area contributed by atoms with Crippen molar-refractivity contribution < 1.29 is 49.0 Å². The number of rotatable bonds is 17. The second kappa shape index (κ2) is 16.8. The molecule has 2 aromatic carbocycles. The number of carbonyl (C=O) groups is 3. The number of esters is 1. The van der Waals surface area contributed by atoms with Crippen molar-refractivity contribution >= 4 is 17.8 Å². The smallest absolute Gasteiger partial charge is 0.326 e. The van der Waals surface area contributed by atoms with Crippen LogP contribution < -0.4 is 14.8 Å². The lowest BCUT2D eigenvalue weighted by molar-refractivity contribution is -0.492. The molecule has 1 amide bonds. The quantitative estimate of drug-likeness (QED) is 0.119. The summed E-state index contributed by atoms with van der Waals surface area (Å²) in [6.07, 6.45) is 2.71. The van der Waals surface area contributed by atoms with Gasteiger partial charge in [-0.2, -0.15) is 0 Å². The molecule has 13 heteroatoms. The van der Waals surface area contributed by atoms with Gasteiger partial charge in [-0.3, -0.25) is 30.2 Å². The second-order valence-electron chi connectivity index (χ2n) is 10.3. The van der Waals surface area contributed by atoms with Crippen LogP contribution in [-0.2, 0) is 43.3 Å². The van der Waals surface area contributed by atoms with E-state index in [1.165, 1.54) is 19.1 Å². The van der Waals surface area contributed by atoms with E-state index in [1.807, 2.05) is 30.3 Å². The molecule has 0 aliphatic carbocycles. The molecule has 3 rings (SSSR count). The minimum absolute atomic E-state index is 0.0602. The number of carbonyl (C=O) groups excluding carboxylic acids is 2. The van der Waals surface area contributed by atoms with E-state index in [-0.39, 0.29) is 31.6 Å². The number of aryl methyl sites for hydroxylation is 1. The molecule has 1 heterocycles. The summed E-state index contributed by atoms with van der Waals surface area (Å²) in [7, 11) is 3.01. The van der Waals surface area contributed by atoms with Crippen molar-refractivity contribution in [1.29, 1.82) is 0 Å². The van der Waals surface area contributed by atoms with Gasteiger partial charge in [-0.05, 0) is 67.9 Å². The van der Waals surface area contributed by atoms with Gasteiger partial charge in [0.1, 0.15) is 12.1 Å². The van der Waals surface area contributed by atoms with E-state index in [0.717, 1.165) is 16.7 Å². The molecule has 0 bridgehead atoms. The van der Waals surface area contributed by atoms with Crippen molar-refractivity contribution in [3.8, 4) is 11.5 Å². The third-order valence-electron chi connectivity index (χ3n) is 7.31. The Morgan fingerprint density at radius 2 is 1.65 bits per heavy atom. The second-order valence-corrected chi connectivity index (χ2v) is 10.3. The number of hydrogen-bond donors (Lipinski definition) is 4. The number of hydrogen-bond acceptors (Lipinski definition) is 11. The largest absolute Gasteiger partial charge is 0.493 e. The Balaban J connectivity index is 1.69. The van der Waals surface area contributed by atoms with Crippen molar-refractivity contribution in [3.05, 3.63) is 59.2 Å². The van der Waals surface area contributed by atoms with E-state index >= 15 is 0 Å². The molecule has 43 heavy (non-hydrogen) atoms. The molecular formula is C30H41N3O10. The molecule has 1 aliphatic heterocycles. The highest BCUT2D eigenvalue weighted by atomic mass is 17.1. The van der Waals surface area contributed by atoms with Crippen LogP contribution in [0.4, 0.5) is 0 Å². The summed E-state index contributed by atoms with van der Waals surface area (Å²) in [5.41, 5.74) is 2.54. The molecule has 3 unspecified atom stereocenters. The highest BCUT2D eigenvalue weighted by Gasteiger charge is 2.38. The maximum atomic E-state index is 13.7. The maximum Gasteiger partial charge on any atom is 0.326 e. The predicted molar refractivity (Wildman–Crippen MR) is 153 cm³/mol. The van der Waals surface area contributed by atoms with Gasteiger partial charge in [0.05, 0.1) is 38.9 Å². The van der Waals surface area contributed by atoms with Crippen LogP contribution in [0.25, 0.3) is 0 Å². The molecule has 0 aromatic heterocycles. The summed E-state index contributed by atoms with van der Waals surface area (Å²) in [5.74, 6) is -1.13. The van der Waals surface area contributed by atoms with E-state index in [1.54, 1.807) is 19.1 Å². The van der Waals surface area contributed by atoms with Crippen molar-refractivity contribution in [3.63, 3.8) is 0 Å². The topological polar surface area (TPSA) is 167 Å². The molecular weight excluding hydrogens is 562 g/mol. The third-order valence-corrected chi connectivity index (χ3v) is 7.31. The summed E-state index contributed by atoms with van der Waals surface area (Å²) in [6, 6.07) is 10.3. The average Bonchev–Trinajstić information content (AvgIpc) is 3.00. The monoisotopic (exact) mass is 603 g/mol. The summed E-state index contributed by atoms with van der Waals surface area (Å²) < 4.78 is 16.3. The van der Waals surface area contributed by atoms with Crippen LogP contribution in [-0.4, -0.2) is 89.2 Å². The molecule has 13 nitrogen and oxygen atoms in total. The fraction of sp³-hybridized carbons (Fsp3) is 0.500. The molecule has 0 fully saturated rings. The Bertz CT molecular complexity index is 1210. The number of amides is 1. The Morgan fingerprint density at radius 3 is 2.28 bits per heavy atom. The first-order valence-corrected chi connectivity index (χ1v) is 14.2. The molecule has 0 saturated carbocycles. The van der Waals surface area contributed by atoms with Crippen molar-refractivity contribution in [1.82, 2.24) is 15.6 Å². The number of carboxylic acid groups (broad SMARTS) is 1. The highest BCUT2D eigenvalue weighted by molar-refractivity contribution is 5.88. The van der Waals surface area contributed by atoms with Gasteiger partial charge >= 0.3 is 11.9 Å². The van der Waals surface area contributed by atoms with Crippen molar-refractivity contribution in [2.24, 2.45) is 0 Å². The van der Waals surface area contributed by atoms with Crippen LogP contribution in [0.15, 0.2) is 42.5 Å². The van der Waals surface area contributed by atoms with Gasteiger partial charge in [-0.1, -0.05) is 30.3 Å². The number of nitrogens with one attached hydrogen (secondary N) is 1. The average molecular weight is 604 g/mol. The van der Waals surface area contributed by atoms with Gasteiger partial charge < -0.3 is 24.2 Å². The summed E-state index contributed by atoms with van der Waals surface area (Å²) >= 11 is 0. The molecule has 0 spiro atoms. The zero-order valence-electron chi connectivity index (χ0n) is 24.7. The lowest BCUT2D eigenvalue weighted by Gasteiger charge is -2.37. The predicted octanol–water partition coefficient (Wildman–Crippen LogP) is 2.75. The standard InChI is InChI=1S/C30H41N3O10/c1-20(28(34)32-19-23-18-27(41-3)26(40-2)17-22(23)16-25(32)29(35)36)31-24(13-12-21-10-6-4-7-11-21)30(37)42-14-8-5-9-15-43-33(38)39/h4,6-7,10-11,17-18,20,24-25,31,38-39H,5,8-9,12-16,19H2,1-3H3,(H,35,36). The molecule has 1 aliphatic rings. The van der Waals surface area contributed by atoms with E-state index in [9.17, 15) is 19.5 Å². The number of nitrogens with zero attached hydrogens (tertiary/aromatic N) is 2. The fourth-order valence-electron chi connectivity index (χ4n) is 5.01. The Morgan fingerprint density at radius 1 is 1.00 bits per heavy atom. The van der Waals surface area contributed by atoms with Crippen molar-refractivity contribution in [2.45, 2.75) is 70.1 Å². The van der Waals surface area contributed by atoms with E-state index in [0.29, 0.717) is 43.6 Å². The SMILES string of the molecule is COc1cc2c(cc1OC)CN(C(=O)C(C)NC(CCc1ccccc1)C(=O)OCCCCCON(O)O)C(C(=O)O)C2. The van der Waals surface area contributed by atoms with Gasteiger partial charge in [0, 0.05) is 13.0 Å². The number of unbranched alkanes of at least 4 members (excludes halogenated alkanes) is 2. The van der Waals surface area contributed by atoms with Gasteiger partial charge in [0.15, 0.2) is 11.5 Å². The van der Waals surface area contributed by atoms with Crippen LogP contribution in [0.2, 0.25) is 0 Å². The normalized spacial score (nSPS) is 15.9. The molecule has 2 aromatic rings. The number of fused-ring (bicyclic) bond motifs is 1. The van der Waals surface area contributed by atoms with Crippen LogP contribution in [0, 0.1) is 0 Å². The molecule has 0 radical (unpaired) electrons. The van der Waals surface area contributed by atoms with Crippen LogP contribution in [0.1, 0.15) is 49.3 Å². The minimum Gasteiger partial charge on any atom is -0.493 e. The molecule has 4 N–H and O–H groups in total. The zero-order valence-corrected chi connectivity index (χ0v) is 24.7. The Labute approximate surface area is 250 Å². The lowest BCUT2D eigenvalue weighted by atomic mass is 9.92. The van der Waals surface area contributed by atoms with Crippen LogP contribution in [0.3, 0.4) is 0 Å². The van der Waals surface area contributed by atoms with E-state index in [2.05, 4.69) is 10.2 Å². The Kier molecular flexibility index (Phi) is 13.2. The summed E-state index contributed by atoms with van der Waals surface area (Å²) in [4.78, 5) is 44.9. The minimum atomic E-state index is -1.13. The number of carboxylic acids is 1. The van der Waals surface area contributed by atoms with Gasteiger partial charge in [-0.25, -0.2) is 4.79 Å². The molecule has 0 saturated heterocycles. The maximum absolute atomic E-state index is 13.7. The zero-order chi connectivity index (χ0) is 31.4. The first kappa shape index (κ1) is 33.7. The summed E-state index contributed by atoms with van der Waals surface area (Å²) in [5, 5.41) is 29.9. The molecule has 236 valence electrons. The first-order valence-electron chi connectivity index (χ1n) is 14.2. The van der Waals surface area contributed by atoms with Crippen LogP contribution in [0.5, 0.6) is 11.5 Å². The van der Waals surface area contributed by atoms with Gasteiger partial charge in [-0.15, -0.1) is 0 Å². The van der Waals surface area contributed by atoms with Crippen molar-refractivity contribution in [2.75, 3.05) is 27.4 Å². The lowest BCUT2D eigenvalue weighted by Crippen LogP contribution is -2.56. The number of aliphatic carboxylic acids is 1. The highest BCUT2D eigenvalue weighted by Crippen LogP contribution is 2.35. The van der Waals surface area contributed by atoms with Gasteiger partial charge in [0.25, 0.3) is 0 Å². The van der Waals surface area contributed by atoms with E-state index in [4.69, 9.17) is 24.6 Å². The number of benzene rings is 2. The van der Waals surface area contributed by atoms with Crippen LogP contribution >= 0.6 is 0 Å². The fourth-order valence-corrected chi connectivity index (χ4v) is 5.01. The number of ether oxygens (including phenoxy) is 3. The number of methoxy groups -OCH3 is 2. The van der Waals surface area contributed by atoms with E-state index < -0.39 is 36.0 Å². The third kappa shape index (κ3) is 9.90. The van der Waals surface area contributed by atoms with Gasteiger partial charge in [0.2, 0.25) is 5.91 Å². The molecule has 3 atom stereocenters. The summed E-state index contributed by atoms with van der Waals surface area (Å²) in [6.45, 7) is 1.91. The first-order chi connectivity index (χ1) is 20.6. The Hall–Kier alpha value is -3.75.